The van der Waals surface area contributed by atoms with Crippen molar-refractivity contribution in [2.45, 2.75) is 40.2 Å². The number of carbonyl (C=O) groups is 1. The van der Waals surface area contributed by atoms with Crippen molar-refractivity contribution in [1.82, 2.24) is 0 Å². The lowest BCUT2D eigenvalue weighted by atomic mass is 10.1. The van der Waals surface area contributed by atoms with Crippen LogP contribution in [-0.2, 0) is 0 Å². The molecular weight excluding hydrogens is 217 g/mol. The van der Waals surface area contributed by atoms with Gasteiger partial charge in [0.05, 0.1) is 5.69 Å². The zero-order valence-electron chi connectivity index (χ0n) is 11.0. The van der Waals surface area contributed by atoms with Crippen LogP contribution in [0.15, 0.2) is 18.2 Å². The first-order chi connectivity index (χ1) is 7.99. The van der Waals surface area contributed by atoms with Gasteiger partial charge in [-0.05, 0) is 39.3 Å². The highest BCUT2D eigenvalue weighted by atomic mass is 19.1. The predicted molar refractivity (Wildman–Crippen MR) is 69.2 cm³/mol. The molecule has 0 bridgehead atoms. The Morgan fingerprint density at radius 1 is 1.41 bits per heavy atom. The van der Waals surface area contributed by atoms with Crippen LogP contribution in [0.25, 0.3) is 0 Å². The highest BCUT2D eigenvalue weighted by Gasteiger charge is 2.19. The van der Waals surface area contributed by atoms with Crippen LogP contribution >= 0.6 is 0 Å². The normalized spacial score (nSPS) is 10.7. The molecule has 3 heteroatoms. The minimum atomic E-state index is -0.320. The Morgan fingerprint density at radius 2 is 2.06 bits per heavy atom. The number of hydrogen-bond acceptors (Lipinski definition) is 2. The molecule has 0 radical (unpaired) electrons. The highest BCUT2D eigenvalue weighted by molar-refractivity contribution is 5.99. The summed E-state index contributed by atoms with van der Waals surface area (Å²) in [7, 11) is 0. The number of hydrogen-bond donors (Lipinski definition) is 0. The van der Waals surface area contributed by atoms with Crippen molar-refractivity contribution < 1.29 is 9.18 Å². The molecule has 0 saturated carbocycles. The largest absolute Gasteiger partial charge is 0.366 e. The SMILES string of the molecule is CCCN(c1c(F)cccc1C(C)=O)C(C)C. The molecule has 1 rings (SSSR count). The Morgan fingerprint density at radius 3 is 2.53 bits per heavy atom. The average molecular weight is 237 g/mol. The van der Waals surface area contributed by atoms with Gasteiger partial charge >= 0.3 is 0 Å². The van der Waals surface area contributed by atoms with Crippen molar-refractivity contribution in [1.29, 1.82) is 0 Å². The Kier molecular flexibility index (Phi) is 4.67. The third-order valence-corrected chi connectivity index (χ3v) is 2.74. The predicted octanol–water partition coefficient (Wildman–Crippen LogP) is 3.65. The highest BCUT2D eigenvalue weighted by Crippen LogP contribution is 2.27. The summed E-state index contributed by atoms with van der Waals surface area (Å²) in [5, 5.41) is 0. The number of rotatable bonds is 5. The quantitative estimate of drug-likeness (QED) is 0.728. The first-order valence-corrected chi connectivity index (χ1v) is 6.05. The van der Waals surface area contributed by atoms with E-state index in [2.05, 4.69) is 0 Å². The van der Waals surface area contributed by atoms with Crippen LogP contribution in [0, 0.1) is 5.82 Å². The van der Waals surface area contributed by atoms with Gasteiger partial charge < -0.3 is 4.90 Å². The van der Waals surface area contributed by atoms with E-state index in [1.54, 1.807) is 12.1 Å². The van der Waals surface area contributed by atoms with Gasteiger partial charge in [0, 0.05) is 18.2 Å². The Hall–Kier alpha value is -1.38. The molecule has 0 aliphatic heterocycles. The number of Topliss-reactive ketones (excluding diaryl/α,β-unsaturated/α-hetero) is 1. The zero-order chi connectivity index (χ0) is 13.0. The first-order valence-electron chi connectivity index (χ1n) is 6.05. The molecule has 94 valence electrons. The average Bonchev–Trinajstić information content (AvgIpc) is 2.25. The fraction of sp³-hybridized carbons (Fsp3) is 0.500. The maximum Gasteiger partial charge on any atom is 0.161 e. The third kappa shape index (κ3) is 3.05. The molecule has 0 aliphatic rings. The molecule has 0 amide bonds. The third-order valence-electron chi connectivity index (χ3n) is 2.74. The molecule has 0 aromatic heterocycles. The summed E-state index contributed by atoms with van der Waals surface area (Å²) in [4.78, 5) is 13.5. The monoisotopic (exact) mass is 237 g/mol. The van der Waals surface area contributed by atoms with Gasteiger partial charge in [-0.3, -0.25) is 4.79 Å². The minimum Gasteiger partial charge on any atom is -0.366 e. The van der Waals surface area contributed by atoms with E-state index >= 15 is 0 Å². The van der Waals surface area contributed by atoms with Crippen LogP contribution in [0.3, 0.4) is 0 Å². The van der Waals surface area contributed by atoms with E-state index in [4.69, 9.17) is 0 Å². The van der Waals surface area contributed by atoms with Crippen molar-refractivity contribution >= 4 is 11.5 Å². The maximum atomic E-state index is 14.0. The van der Waals surface area contributed by atoms with Gasteiger partial charge in [0.15, 0.2) is 5.78 Å². The number of nitrogens with zero attached hydrogens (tertiary/aromatic N) is 1. The van der Waals surface area contributed by atoms with E-state index in [0.717, 1.165) is 13.0 Å². The van der Waals surface area contributed by atoms with Crippen LogP contribution in [0.4, 0.5) is 10.1 Å². The Bertz CT molecular complexity index is 401. The molecule has 0 N–H and O–H groups in total. The second kappa shape index (κ2) is 5.80. The van der Waals surface area contributed by atoms with Crippen molar-refractivity contribution in [3.63, 3.8) is 0 Å². The Balaban J connectivity index is 3.29. The van der Waals surface area contributed by atoms with Gasteiger partial charge in [-0.1, -0.05) is 13.0 Å². The number of carbonyl (C=O) groups excluding carboxylic acids is 1. The van der Waals surface area contributed by atoms with Gasteiger partial charge in [-0.25, -0.2) is 4.39 Å². The molecular formula is C14H20FNO. The minimum absolute atomic E-state index is 0.0961. The summed E-state index contributed by atoms with van der Waals surface area (Å²) < 4.78 is 14.0. The summed E-state index contributed by atoms with van der Waals surface area (Å²) >= 11 is 0. The smallest absolute Gasteiger partial charge is 0.161 e. The van der Waals surface area contributed by atoms with E-state index in [0.29, 0.717) is 11.3 Å². The number of para-hydroxylation sites is 1. The molecule has 0 atom stereocenters. The standard InChI is InChI=1S/C14H20FNO/c1-5-9-16(10(2)3)14-12(11(4)17)7-6-8-13(14)15/h6-8,10H,5,9H2,1-4H3. The number of halogens is 1. The molecule has 1 aromatic carbocycles. The number of anilines is 1. The van der Waals surface area contributed by atoms with Crippen LogP contribution in [-0.4, -0.2) is 18.4 Å². The van der Waals surface area contributed by atoms with Gasteiger partial charge in [0.1, 0.15) is 5.82 Å². The zero-order valence-corrected chi connectivity index (χ0v) is 11.0. The second-order valence-electron chi connectivity index (χ2n) is 4.48. The van der Waals surface area contributed by atoms with E-state index in [1.807, 2.05) is 25.7 Å². The molecule has 17 heavy (non-hydrogen) atoms. The summed E-state index contributed by atoms with van der Waals surface area (Å²) in [6.07, 6.45) is 0.920. The summed E-state index contributed by atoms with van der Waals surface area (Å²) in [5.74, 6) is -0.416. The molecule has 0 saturated heterocycles. The Labute approximate surface area is 102 Å². The van der Waals surface area contributed by atoms with Gasteiger partial charge in [-0.2, -0.15) is 0 Å². The van der Waals surface area contributed by atoms with Crippen LogP contribution < -0.4 is 4.90 Å². The lowest BCUT2D eigenvalue weighted by Gasteiger charge is -2.30. The van der Waals surface area contributed by atoms with E-state index in [9.17, 15) is 9.18 Å². The summed E-state index contributed by atoms with van der Waals surface area (Å²) in [6, 6.07) is 4.85. The van der Waals surface area contributed by atoms with Crippen LogP contribution in [0.2, 0.25) is 0 Å². The van der Waals surface area contributed by atoms with E-state index < -0.39 is 0 Å². The summed E-state index contributed by atoms with van der Waals surface area (Å²) in [6.45, 7) is 8.28. The summed E-state index contributed by atoms with van der Waals surface area (Å²) in [5.41, 5.74) is 0.906. The van der Waals surface area contributed by atoms with Crippen molar-refractivity contribution in [3.8, 4) is 0 Å². The maximum absolute atomic E-state index is 14.0. The van der Waals surface area contributed by atoms with Gasteiger partial charge in [0.25, 0.3) is 0 Å². The van der Waals surface area contributed by atoms with Crippen molar-refractivity contribution in [2.75, 3.05) is 11.4 Å². The molecule has 1 aromatic rings. The molecule has 2 nitrogen and oxygen atoms in total. The van der Waals surface area contributed by atoms with Crippen LogP contribution in [0.1, 0.15) is 44.5 Å². The molecule has 0 aliphatic carbocycles. The number of benzene rings is 1. The van der Waals surface area contributed by atoms with E-state index in [-0.39, 0.29) is 17.6 Å². The van der Waals surface area contributed by atoms with Crippen LogP contribution in [0.5, 0.6) is 0 Å². The number of ketones is 1. The molecule has 0 heterocycles. The second-order valence-corrected chi connectivity index (χ2v) is 4.48. The van der Waals surface area contributed by atoms with Crippen molar-refractivity contribution in [3.05, 3.63) is 29.6 Å². The van der Waals surface area contributed by atoms with Crippen molar-refractivity contribution in [2.24, 2.45) is 0 Å². The first kappa shape index (κ1) is 13.7. The molecule has 0 fully saturated rings. The fourth-order valence-electron chi connectivity index (χ4n) is 1.96. The molecule has 0 unspecified atom stereocenters. The lowest BCUT2D eigenvalue weighted by molar-refractivity contribution is 0.101. The lowest BCUT2D eigenvalue weighted by Crippen LogP contribution is -2.33. The van der Waals surface area contributed by atoms with E-state index in [1.165, 1.54) is 13.0 Å². The molecule has 0 spiro atoms. The topological polar surface area (TPSA) is 20.3 Å². The van der Waals surface area contributed by atoms with Gasteiger partial charge in [-0.15, -0.1) is 0 Å². The van der Waals surface area contributed by atoms with Gasteiger partial charge in [0.2, 0.25) is 0 Å². The fourth-order valence-corrected chi connectivity index (χ4v) is 1.96.